The lowest BCUT2D eigenvalue weighted by Crippen LogP contribution is -2.79. The highest BCUT2D eigenvalue weighted by Gasteiger charge is 2.81. The number of rotatable bonds is 17. The standard InChI is InChI=1S/C48H67ClO17/c1-26(50)65-42(2,3)17-16-33(51)47(9,58)39-30(63-37(55)24-60-11)21-44(6)31-20-34(52)48(66-41(57)27-14-13-15-28(49)18-27)32(46(31,8)35(53)22-45(39,44)7)19-29(62-36(54)23-59-10)40(43(48,4)5)64-38(56)25-61-12/h13-15,18,29-32,34,39-40,52,58H,16-17,19-25H2,1-12H3/t29-,30+,31-,32-,34+,39?,40+,44-,45+,46+,47-,48+/m0/s1. The van der Waals surface area contributed by atoms with E-state index in [0.29, 0.717) is 0 Å². The van der Waals surface area contributed by atoms with Gasteiger partial charge in [0, 0.05) is 68.8 Å². The SMILES string of the molecule is COCC(=O)O[C@H]1C[C@H]2[C@]3(C)C(=O)C[C@]4(C)C([C@@](C)(O)C(=O)CCC(C)(C)OC(C)=O)[C@H](OC(=O)COC)C[C@@]4(C)[C@@H]3C[C@@H](O)[C@@]2(OC(=O)c2cccc(Cl)c2)C(C)(C)[C@@H]1OC(=O)COC. The Bertz CT molecular complexity index is 2070. The lowest BCUT2D eigenvalue weighted by atomic mass is 9.34. The molecule has 0 amide bonds. The van der Waals surface area contributed by atoms with Gasteiger partial charge in [0.2, 0.25) is 0 Å². The van der Waals surface area contributed by atoms with Crippen LogP contribution in [0, 0.1) is 39.4 Å². The zero-order valence-electron chi connectivity index (χ0n) is 40.1. The molecule has 0 radical (unpaired) electrons. The molecule has 17 nitrogen and oxygen atoms in total. The van der Waals surface area contributed by atoms with Crippen LogP contribution in [0.15, 0.2) is 24.3 Å². The van der Waals surface area contributed by atoms with Crippen LogP contribution in [0.3, 0.4) is 0 Å². The number of hydrogen-bond donors (Lipinski definition) is 2. The Morgan fingerprint density at radius 2 is 1.36 bits per heavy atom. The minimum absolute atomic E-state index is 0.0151. The summed E-state index contributed by atoms with van der Waals surface area (Å²) in [6, 6.07) is 5.99. The predicted octanol–water partition coefficient (Wildman–Crippen LogP) is 4.79. The van der Waals surface area contributed by atoms with Crippen molar-refractivity contribution in [3.05, 3.63) is 34.9 Å². The second kappa shape index (κ2) is 19.2. The number of ketones is 2. The fraction of sp³-hybridized carbons (Fsp3) is 0.729. The van der Waals surface area contributed by atoms with E-state index in [1.165, 1.54) is 47.3 Å². The van der Waals surface area contributed by atoms with Gasteiger partial charge < -0.3 is 48.1 Å². The first kappa shape index (κ1) is 53.0. The van der Waals surface area contributed by atoms with Crippen LogP contribution in [0.25, 0.3) is 0 Å². The summed E-state index contributed by atoms with van der Waals surface area (Å²) in [6.07, 6.45) is -6.35. The Balaban J connectivity index is 1.72. The van der Waals surface area contributed by atoms with Crippen LogP contribution in [0.5, 0.6) is 0 Å². The highest BCUT2D eigenvalue weighted by atomic mass is 35.5. The molecule has 0 bridgehead atoms. The molecule has 2 N–H and O–H groups in total. The number of aliphatic hydroxyl groups is 2. The molecule has 368 valence electrons. The normalized spacial score (nSPS) is 34.3. The van der Waals surface area contributed by atoms with Gasteiger partial charge in [0.1, 0.15) is 55.1 Å². The van der Waals surface area contributed by atoms with Gasteiger partial charge in [-0.15, -0.1) is 0 Å². The van der Waals surface area contributed by atoms with E-state index in [2.05, 4.69) is 0 Å². The third kappa shape index (κ3) is 9.16. The number of methoxy groups -OCH3 is 3. The first-order valence-corrected chi connectivity index (χ1v) is 22.6. The van der Waals surface area contributed by atoms with Gasteiger partial charge in [0.15, 0.2) is 11.4 Å². The molecule has 12 atom stereocenters. The number of ether oxygens (including phenoxy) is 8. The van der Waals surface area contributed by atoms with Crippen molar-refractivity contribution < 1.29 is 81.7 Å². The molecule has 0 saturated heterocycles. The maximum absolute atomic E-state index is 15.8. The van der Waals surface area contributed by atoms with Gasteiger partial charge >= 0.3 is 29.8 Å². The molecule has 18 heteroatoms. The van der Waals surface area contributed by atoms with E-state index in [4.69, 9.17) is 49.5 Å². The number of benzene rings is 1. The second-order valence-corrected chi connectivity index (χ2v) is 21.0. The number of esters is 5. The van der Waals surface area contributed by atoms with Crippen molar-refractivity contribution in [1.82, 2.24) is 0 Å². The van der Waals surface area contributed by atoms with E-state index in [-0.39, 0.29) is 54.9 Å². The molecule has 4 aliphatic carbocycles. The molecular formula is C48H67ClO17. The van der Waals surface area contributed by atoms with Gasteiger partial charge in [-0.05, 0) is 81.4 Å². The van der Waals surface area contributed by atoms with Crippen LogP contribution in [0.4, 0.5) is 0 Å². The van der Waals surface area contributed by atoms with Gasteiger partial charge in [-0.1, -0.05) is 52.3 Å². The molecule has 4 fully saturated rings. The third-order valence-corrected chi connectivity index (χ3v) is 16.0. The van der Waals surface area contributed by atoms with Crippen LogP contribution in [0.2, 0.25) is 5.02 Å². The highest BCUT2D eigenvalue weighted by Crippen LogP contribution is 2.76. The van der Waals surface area contributed by atoms with Gasteiger partial charge in [-0.3, -0.25) is 14.4 Å². The van der Waals surface area contributed by atoms with Crippen molar-refractivity contribution in [2.24, 2.45) is 39.4 Å². The van der Waals surface area contributed by atoms with E-state index in [0.717, 1.165) is 0 Å². The highest BCUT2D eigenvalue weighted by molar-refractivity contribution is 6.30. The molecule has 66 heavy (non-hydrogen) atoms. The Morgan fingerprint density at radius 1 is 0.803 bits per heavy atom. The van der Waals surface area contributed by atoms with Crippen LogP contribution in [-0.4, -0.2) is 134 Å². The summed E-state index contributed by atoms with van der Waals surface area (Å²) in [6.45, 7) is 13.1. The Hall–Kier alpha value is -4.00. The number of hydrogen-bond acceptors (Lipinski definition) is 17. The number of fused-ring (bicyclic) bond motifs is 5. The molecule has 1 aromatic rings. The molecular weight excluding hydrogens is 884 g/mol. The van der Waals surface area contributed by atoms with Crippen molar-refractivity contribution in [2.45, 2.75) is 142 Å². The molecule has 1 aromatic carbocycles. The molecule has 1 unspecified atom stereocenters. The number of aliphatic hydroxyl groups excluding tert-OH is 1. The summed E-state index contributed by atoms with van der Waals surface area (Å²) in [5, 5.41) is 25.9. The van der Waals surface area contributed by atoms with Crippen LogP contribution >= 0.6 is 11.6 Å². The Kier molecular flexibility index (Phi) is 15.4. The van der Waals surface area contributed by atoms with E-state index in [9.17, 15) is 39.0 Å². The summed E-state index contributed by atoms with van der Waals surface area (Å²) in [5.41, 5.74) is -10.9. The Labute approximate surface area is 391 Å². The van der Waals surface area contributed by atoms with E-state index < -0.39 is 136 Å². The summed E-state index contributed by atoms with van der Waals surface area (Å²) in [7, 11) is 3.91. The smallest absolute Gasteiger partial charge is 0.338 e. The number of halogens is 1. The summed E-state index contributed by atoms with van der Waals surface area (Å²) >= 11 is 6.32. The van der Waals surface area contributed by atoms with Crippen LogP contribution < -0.4 is 0 Å². The second-order valence-electron chi connectivity index (χ2n) is 20.6. The molecule has 5 rings (SSSR count). The van der Waals surface area contributed by atoms with E-state index in [1.54, 1.807) is 53.7 Å². The van der Waals surface area contributed by atoms with Crippen molar-refractivity contribution in [2.75, 3.05) is 41.2 Å². The topological polar surface area (TPSA) is 234 Å². The number of Topliss-reactive ketones (excluding diaryl/α,β-unsaturated/α-hetero) is 2. The van der Waals surface area contributed by atoms with Gasteiger partial charge in [0.25, 0.3) is 0 Å². The average Bonchev–Trinajstić information content (AvgIpc) is 3.42. The largest absolute Gasteiger partial charge is 0.460 e. The summed E-state index contributed by atoms with van der Waals surface area (Å²) < 4.78 is 45.4. The summed E-state index contributed by atoms with van der Waals surface area (Å²) in [5.74, 6) is -8.08. The van der Waals surface area contributed by atoms with Gasteiger partial charge in [-0.2, -0.15) is 0 Å². The molecule has 0 aromatic heterocycles. The number of carbonyl (C=O) groups is 7. The van der Waals surface area contributed by atoms with Gasteiger partial charge in [0.05, 0.1) is 11.7 Å². The van der Waals surface area contributed by atoms with Crippen LogP contribution in [-0.2, 0) is 66.7 Å². The van der Waals surface area contributed by atoms with Crippen molar-refractivity contribution in [3.63, 3.8) is 0 Å². The molecule has 0 aliphatic heterocycles. The Morgan fingerprint density at radius 3 is 1.91 bits per heavy atom. The maximum Gasteiger partial charge on any atom is 0.338 e. The van der Waals surface area contributed by atoms with Gasteiger partial charge in [-0.25, -0.2) is 19.2 Å². The van der Waals surface area contributed by atoms with Crippen molar-refractivity contribution >= 4 is 53.0 Å². The van der Waals surface area contributed by atoms with Crippen molar-refractivity contribution in [3.8, 4) is 0 Å². The molecule has 4 aliphatic rings. The number of carbonyl (C=O) groups excluding carboxylic acids is 7. The van der Waals surface area contributed by atoms with Crippen molar-refractivity contribution in [1.29, 1.82) is 0 Å². The molecule has 4 saturated carbocycles. The van der Waals surface area contributed by atoms with E-state index in [1.807, 2.05) is 6.92 Å². The lowest BCUT2D eigenvalue weighted by molar-refractivity contribution is -0.315. The predicted molar refractivity (Wildman–Crippen MR) is 234 cm³/mol. The monoisotopic (exact) mass is 950 g/mol. The summed E-state index contributed by atoms with van der Waals surface area (Å²) in [4.78, 5) is 96.4. The first-order chi connectivity index (χ1) is 30.5. The third-order valence-electron chi connectivity index (χ3n) is 15.8. The fourth-order valence-corrected chi connectivity index (χ4v) is 13.1. The first-order valence-electron chi connectivity index (χ1n) is 22.2. The quantitative estimate of drug-likeness (QED) is 0.158. The zero-order valence-corrected chi connectivity index (χ0v) is 40.9. The maximum atomic E-state index is 15.8. The van der Waals surface area contributed by atoms with E-state index >= 15 is 4.79 Å². The van der Waals surface area contributed by atoms with Crippen LogP contribution in [0.1, 0.15) is 111 Å². The minimum atomic E-state index is -2.22. The molecule has 0 heterocycles. The minimum Gasteiger partial charge on any atom is -0.460 e. The lowest BCUT2D eigenvalue weighted by Gasteiger charge is -2.71. The molecule has 0 spiro atoms. The average molecular weight is 952 g/mol. The zero-order chi connectivity index (χ0) is 49.6. The fourth-order valence-electron chi connectivity index (χ4n) is 12.9.